The van der Waals surface area contributed by atoms with Gasteiger partial charge in [0.2, 0.25) is 5.91 Å². The molecule has 0 aromatic heterocycles. The summed E-state index contributed by atoms with van der Waals surface area (Å²) in [4.78, 5) is 13.8. The molecule has 0 aliphatic carbocycles. The Balaban J connectivity index is 2.85. The fourth-order valence-electron chi connectivity index (χ4n) is 2.17. The number of nitrogens with one attached hydrogen (secondary N) is 1. The van der Waals surface area contributed by atoms with E-state index in [4.69, 9.17) is 0 Å². The van der Waals surface area contributed by atoms with Gasteiger partial charge in [0.15, 0.2) is 0 Å². The summed E-state index contributed by atoms with van der Waals surface area (Å²) >= 11 is 0. The van der Waals surface area contributed by atoms with Crippen molar-refractivity contribution in [2.75, 3.05) is 32.1 Å². The molecule has 136 valence electrons. The number of carbonyl (C=O) groups excluding carboxylic acids is 1. The lowest BCUT2D eigenvalue weighted by Gasteiger charge is -2.33. The van der Waals surface area contributed by atoms with Gasteiger partial charge in [0, 0.05) is 12.0 Å². The summed E-state index contributed by atoms with van der Waals surface area (Å²) in [6.07, 6.45) is -4.56. The zero-order chi connectivity index (χ0) is 18.5. The van der Waals surface area contributed by atoms with Crippen LogP contribution in [-0.4, -0.2) is 53.9 Å². The van der Waals surface area contributed by atoms with Gasteiger partial charge in [-0.05, 0) is 26.1 Å². The van der Waals surface area contributed by atoms with E-state index < -0.39 is 29.1 Å². The summed E-state index contributed by atoms with van der Waals surface area (Å²) < 4.78 is 38.9. The molecular weight excluding hydrogens is 325 g/mol. The van der Waals surface area contributed by atoms with Gasteiger partial charge in [-0.25, -0.2) is 0 Å². The number of benzene rings is 1. The van der Waals surface area contributed by atoms with Crippen molar-refractivity contribution in [3.8, 4) is 0 Å². The molecule has 0 fully saturated rings. The number of anilines is 1. The molecule has 1 aromatic carbocycles. The van der Waals surface area contributed by atoms with Crippen LogP contribution in [0.4, 0.5) is 18.9 Å². The quantitative estimate of drug-likeness (QED) is 0.704. The third-order valence-electron chi connectivity index (χ3n) is 3.93. The van der Waals surface area contributed by atoms with Crippen LogP contribution in [0.25, 0.3) is 0 Å². The van der Waals surface area contributed by atoms with Crippen LogP contribution >= 0.6 is 0 Å². The molecule has 1 atom stereocenters. The number of aliphatic hydroxyl groups excluding tert-OH is 2. The highest BCUT2D eigenvalue weighted by molar-refractivity contribution is 5.95. The van der Waals surface area contributed by atoms with Gasteiger partial charge >= 0.3 is 6.18 Å². The van der Waals surface area contributed by atoms with E-state index >= 15 is 0 Å². The largest absolute Gasteiger partial charge is 0.418 e. The second-order valence-corrected chi connectivity index (χ2v) is 6.25. The molecule has 5 nitrogen and oxygen atoms in total. The molecule has 0 bridgehead atoms. The lowest BCUT2D eigenvalue weighted by molar-refractivity contribution is -0.137. The summed E-state index contributed by atoms with van der Waals surface area (Å²) in [5.41, 5.74) is -2.03. The molecule has 3 N–H and O–H groups in total. The Morgan fingerprint density at radius 3 is 2.29 bits per heavy atom. The Bertz CT molecular complexity index is 560. The maximum atomic E-state index is 13.0. The van der Waals surface area contributed by atoms with E-state index in [1.165, 1.54) is 18.2 Å². The van der Waals surface area contributed by atoms with E-state index in [9.17, 15) is 28.2 Å². The number of likely N-dealkylation sites (N-methyl/N-ethyl adjacent to an activating group) is 1. The molecule has 1 unspecified atom stereocenters. The minimum atomic E-state index is -4.56. The van der Waals surface area contributed by atoms with Crippen molar-refractivity contribution in [1.29, 1.82) is 0 Å². The van der Waals surface area contributed by atoms with Crippen LogP contribution < -0.4 is 5.32 Å². The smallest absolute Gasteiger partial charge is 0.396 e. The zero-order valence-electron chi connectivity index (χ0n) is 13.9. The Labute approximate surface area is 139 Å². The first-order chi connectivity index (χ1) is 11.0. The average Bonchev–Trinajstić information content (AvgIpc) is 2.53. The van der Waals surface area contributed by atoms with Gasteiger partial charge in [0.1, 0.15) is 0 Å². The maximum Gasteiger partial charge on any atom is 0.418 e. The van der Waals surface area contributed by atoms with Crippen LogP contribution in [0, 0.1) is 5.41 Å². The van der Waals surface area contributed by atoms with Crippen molar-refractivity contribution in [2.45, 2.75) is 26.1 Å². The molecule has 1 aromatic rings. The molecule has 0 saturated heterocycles. The van der Waals surface area contributed by atoms with Crippen LogP contribution in [0.3, 0.4) is 0 Å². The molecule has 0 radical (unpaired) electrons. The number of halogens is 3. The summed E-state index contributed by atoms with van der Waals surface area (Å²) in [5.74, 6) is -0.604. The monoisotopic (exact) mass is 348 g/mol. The molecule has 0 spiro atoms. The summed E-state index contributed by atoms with van der Waals surface area (Å²) in [7, 11) is 1.60. The average molecular weight is 348 g/mol. The summed E-state index contributed by atoms with van der Waals surface area (Å²) in [5, 5.41) is 20.9. The second-order valence-electron chi connectivity index (χ2n) is 6.25. The first-order valence-electron chi connectivity index (χ1n) is 7.43. The van der Waals surface area contributed by atoms with E-state index in [1.807, 2.05) is 0 Å². The fourth-order valence-corrected chi connectivity index (χ4v) is 2.17. The predicted octanol–water partition coefficient (Wildman–Crippen LogP) is 1.96. The van der Waals surface area contributed by atoms with Crippen LogP contribution in [0.5, 0.6) is 0 Å². The standard InChI is InChI=1S/C16H23F3N2O3/c1-11(21(3)8-15(2,9-22)10-23)14(24)20-13-7-5-4-6-12(13)16(17,18)19/h4-7,11,22-23H,8-10H2,1-3H3,(H,20,24). The Morgan fingerprint density at radius 1 is 1.25 bits per heavy atom. The van der Waals surface area contributed by atoms with Gasteiger partial charge < -0.3 is 15.5 Å². The lowest BCUT2D eigenvalue weighted by atomic mass is 9.92. The minimum Gasteiger partial charge on any atom is -0.396 e. The van der Waals surface area contributed by atoms with Gasteiger partial charge in [-0.1, -0.05) is 19.1 Å². The summed E-state index contributed by atoms with van der Waals surface area (Å²) in [6, 6.07) is 4.01. The number of amides is 1. The predicted molar refractivity (Wildman–Crippen MR) is 84.4 cm³/mol. The third-order valence-corrected chi connectivity index (χ3v) is 3.93. The van der Waals surface area contributed by atoms with Gasteiger partial charge in [0.25, 0.3) is 0 Å². The van der Waals surface area contributed by atoms with Gasteiger partial charge in [-0.2, -0.15) is 13.2 Å². The number of aliphatic hydroxyl groups is 2. The van der Waals surface area contributed by atoms with Crippen LogP contribution in [0.15, 0.2) is 24.3 Å². The molecular formula is C16H23F3N2O3. The van der Waals surface area contributed by atoms with Gasteiger partial charge in [-0.3, -0.25) is 9.69 Å². The zero-order valence-corrected chi connectivity index (χ0v) is 13.9. The Kier molecular flexibility index (Phi) is 6.76. The molecule has 1 amide bonds. The second kappa shape index (κ2) is 7.96. The number of para-hydroxylation sites is 1. The molecule has 8 heteroatoms. The van der Waals surface area contributed by atoms with Crippen molar-refractivity contribution in [3.05, 3.63) is 29.8 Å². The van der Waals surface area contributed by atoms with E-state index in [0.29, 0.717) is 0 Å². The lowest BCUT2D eigenvalue weighted by Crippen LogP contribution is -2.47. The topological polar surface area (TPSA) is 72.8 Å². The molecule has 0 heterocycles. The molecule has 0 aliphatic heterocycles. The first-order valence-corrected chi connectivity index (χ1v) is 7.43. The molecule has 1 rings (SSSR count). The normalized spacial score (nSPS) is 13.9. The van der Waals surface area contributed by atoms with Crippen molar-refractivity contribution < 1.29 is 28.2 Å². The van der Waals surface area contributed by atoms with Crippen molar-refractivity contribution in [1.82, 2.24) is 4.90 Å². The molecule has 24 heavy (non-hydrogen) atoms. The molecule has 0 saturated carbocycles. The third kappa shape index (κ3) is 5.19. The van der Waals surface area contributed by atoms with Crippen LogP contribution in [0.1, 0.15) is 19.4 Å². The summed E-state index contributed by atoms with van der Waals surface area (Å²) in [6.45, 7) is 2.83. The minimum absolute atomic E-state index is 0.204. The number of nitrogens with zero attached hydrogens (tertiary/aromatic N) is 1. The Morgan fingerprint density at radius 2 is 1.79 bits per heavy atom. The van der Waals surface area contributed by atoms with Crippen LogP contribution in [0.2, 0.25) is 0 Å². The van der Waals surface area contributed by atoms with Crippen molar-refractivity contribution in [2.24, 2.45) is 5.41 Å². The number of hydrogen-bond donors (Lipinski definition) is 3. The van der Waals surface area contributed by atoms with E-state index in [1.54, 1.807) is 25.8 Å². The highest BCUT2D eigenvalue weighted by atomic mass is 19.4. The molecule has 0 aliphatic rings. The number of hydrogen-bond acceptors (Lipinski definition) is 4. The van der Waals surface area contributed by atoms with Crippen LogP contribution in [-0.2, 0) is 11.0 Å². The fraction of sp³-hybridized carbons (Fsp3) is 0.562. The highest BCUT2D eigenvalue weighted by Crippen LogP contribution is 2.34. The number of rotatable bonds is 7. The number of alkyl halides is 3. The van der Waals surface area contributed by atoms with Crippen molar-refractivity contribution in [3.63, 3.8) is 0 Å². The maximum absolute atomic E-state index is 13.0. The number of carbonyl (C=O) groups is 1. The first kappa shape index (κ1) is 20.4. The van der Waals surface area contributed by atoms with E-state index in [0.717, 1.165) is 6.07 Å². The van der Waals surface area contributed by atoms with Gasteiger partial charge in [0.05, 0.1) is 30.5 Å². The van der Waals surface area contributed by atoms with E-state index in [2.05, 4.69) is 5.32 Å². The van der Waals surface area contributed by atoms with Gasteiger partial charge in [-0.15, -0.1) is 0 Å². The van der Waals surface area contributed by atoms with Crippen molar-refractivity contribution >= 4 is 11.6 Å². The SMILES string of the molecule is CC(C(=O)Nc1ccccc1C(F)(F)F)N(C)CC(C)(CO)CO. The highest BCUT2D eigenvalue weighted by Gasteiger charge is 2.34. The Hall–Kier alpha value is -1.64. The van der Waals surface area contributed by atoms with E-state index in [-0.39, 0.29) is 25.4 Å².